The highest BCUT2D eigenvalue weighted by atomic mass is 19.4. The van der Waals surface area contributed by atoms with Crippen molar-refractivity contribution in [2.75, 3.05) is 26.2 Å². The maximum absolute atomic E-state index is 13.1. The first-order valence-corrected chi connectivity index (χ1v) is 6.71. The second-order valence-electron chi connectivity index (χ2n) is 5.36. The normalized spacial score (nSPS) is 26.1. The Bertz CT molecular complexity index is 365. The molecule has 0 spiro atoms. The predicted octanol–water partition coefficient (Wildman–Crippen LogP) is 2.27. The van der Waals surface area contributed by atoms with Crippen LogP contribution in [-0.2, 0) is 4.79 Å². The molecule has 3 nitrogen and oxygen atoms in total. The highest BCUT2D eigenvalue weighted by Crippen LogP contribution is 2.37. The van der Waals surface area contributed by atoms with Gasteiger partial charge in [-0.1, -0.05) is 0 Å². The molecule has 116 valence electrons. The Balaban J connectivity index is 2.03. The first kappa shape index (κ1) is 15.5. The highest BCUT2D eigenvalue weighted by molar-refractivity contribution is 5.84. The first-order chi connectivity index (χ1) is 9.23. The monoisotopic (exact) mass is 300 g/mol. The van der Waals surface area contributed by atoms with E-state index in [-0.39, 0.29) is 19.1 Å². The number of piperidine rings is 1. The fourth-order valence-corrected chi connectivity index (χ4v) is 2.86. The van der Waals surface area contributed by atoms with Crippen LogP contribution in [0.1, 0.15) is 25.7 Å². The molecule has 0 aromatic carbocycles. The minimum atomic E-state index is -5.83. The van der Waals surface area contributed by atoms with Crippen LogP contribution in [0.4, 0.5) is 22.0 Å². The van der Waals surface area contributed by atoms with Crippen LogP contribution in [0.2, 0.25) is 0 Å². The Morgan fingerprint density at radius 2 is 1.55 bits per heavy atom. The molecular weight excluding hydrogens is 283 g/mol. The molecule has 2 saturated heterocycles. The van der Waals surface area contributed by atoms with Gasteiger partial charge in [0.2, 0.25) is 0 Å². The van der Waals surface area contributed by atoms with E-state index in [1.807, 2.05) is 0 Å². The number of likely N-dealkylation sites (tertiary alicyclic amines) is 2. The third kappa shape index (κ3) is 2.89. The summed E-state index contributed by atoms with van der Waals surface area (Å²) in [5, 5.41) is 0. The van der Waals surface area contributed by atoms with E-state index in [0.29, 0.717) is 11.3 Å². The van der Waals surface area contributed by atoms with Gasteiger partial charge in [-0.25, -0.2) is 0 Å². The van der Waals surface area contributed by atoms with E-state index in [1.165, 1.54) is 0 Å². The summed E-state index contributed by atoms with van der Waals surface area (Å²) >= 11 is 0. The van der Waals surface area contributed by atoms with Crippen LogP contribution in [-0.4, -0.2) is 60.0 Å². The zero-order valence-electron chi connectivity index (χ0n) is 10.9. The summed E-state index contributed by atoms with van der Waals surface area (Å²) in [5.41, 5.74) is 0. The molecule has 1 amide bonds. The van der Waals surface area contributed by atoms with Gasteiger partial charge < -0.3 is 4.90 Å². The van der Waals surface area contributed by atoms with Crippen molar-refractivity contribution in [1.82, 2.24) is 9.80 Å². The summed E-state index contributed by atoms with van der Waals surface area (Å²) in [6.07, 6.45) is -2.63. The number of nitrogens with zero attached hydrogens (tertiary/aromatic N) is 2. The van der Waals surface area contributed by atoms with Crippen molar-refractivity contribution >= 4 is 5.91 Å². The third-order valence-corrected chi connectivity index (χ3v) is 3.97. The van der Waals surface area contributed by atoms with Crippen LogP contribution in [0.15, 0.2) is 0 Å². The van der Waals surface area contributed by atoms with E-state index < -0.39 is 18.0 Å². The number of hydrogen-bond donors (Lipinski definition) is 0. The standard InChI is InChI=1S/C12H17F5N2O/c13-11(14,12(15,16)17)10(20)19-7-3-4-9(8-19)18-5-1-2-6-18/h9H,1-8H2. The summed E-state index contributed by atoms with van der Waals surface area (Å²) < 4.78 is 62.9. The molecule has 0 aliphatic carbocycles. The van der Waals surface area contributed by atoms with Crippen LogP contribution < -0.4 is 0 Å². The molecule has 2 rings (SSSR count). The van der Waals surface area contributed by atoms with Gasteiger partial charge in [0, 0.05) is 19.1 Å². The van der Waals surface area contributed by atoms with E-state index in [2.05, 4.69) is 4.90 Å². The third-order valence-electron chi connectivity index (χ3n) is 3.97. The van der Waals surface area contributed by atoms with E-state index >= 15 is 0 Å². The number of amides is 1. The maximum Gasteiger partial charge on any atom is 0.463 e. The maximum atomic E-state index is 13.1. The van der Waals surface area contributed by atoms with E-state index in [0.717, 1.165) is 32.4 Å². The molecule has 20 heavy (non-hydrogen) atoms. The van der Waals surface area contributed by atoms with Gasteiger partial charge >= 0.3 is 18.0 Å². The molecule has 0 radical (unpaired) electrons. The van der Waals surface area contributed by atoms with Gasteiger partial charge in [0.05, 0.1) is 0 Å². The first-order valence-electron chi connectivity index (χ1n) is 6.71. The second-order valence-corrected chi connectivity index (χ2v) is 5.36. The van der Waals surface area contributed by atoms with Crippen molar-refractivity contribution < 1.29 is 26.7 Å². The fourth-order valence-electron chi connectivity index (χ4n) is 2.86. The number of alkyl halides is 5. The number of rotatable bonds is 2. The summed E-state index contributed by atoms with van der Waals surface area (Å²) in [6.45, 7) is 1.57. The minimum absolute atomic E-state index is 0.0329. The van der Waals surface area contributed by atoms with Crippen molar-refractivity contribution in [3.63, 3.8) is 0 Å². The van der Waals surface area contributed by atoms with Crippen LogP contribution in [0, 0.1) is 0 Å². The zero-order chi connectivity index (χ0) is 15.0. The van der Waals surface area contributed by atoms with Crippen molar-refractivity contribution in [3.8, 4) is 0 Å². The fraction of sp³-hybridized carbons (Fsp3) is 0.917. The van der Waals surface area contributed by atoms with Gasteiger partial charge in [-0.05, 0) is 38.8 Å². The average molecular weight is 300 g/mol. The number of carbonyl (C=O) groups is 1. The van der Waals surface area contributed by atoms with E-state index in [9.17, 15) is 26.7 Å². The molecular formula is C12H17F5N2O. The largest absolute Gasteiger partial charge is 0.463 e. The lowest BCUT2D eigenvalue weighted by atomic mass is 10.0. The van der Waals surface area contributed by atoms with Gasteiger partial charge in [0.25, 0.3) is 0 Å². The Morgan fingerprint density at radius 1 is 0.950 bits per heavy atom. The molecule has 0 aromatic heterocycles. The molecule has 0 N–H and O–H groups in total. The Kier molecular flexibility index (Phi) is 4.22. The molecule has 2 aliphatic heterocycles. The average Bonchev–Trinajstić information content (AvgIpc) is 2.90. The van der Waals surface area contributed by atoms with E-state index in [4.69, 9.17) is 0 Å². The quantitative estimate of drug-likeness (QED) is 0.730. The molecule has 2 heterocycles. The molecule has 8 heteroatoms. The van der Waals surface area contributed by atoms with Crippen LogP contribution >= 0.6 is 0 Å². The molecule has 2 aliphatic rings. The Morgan fingerprint density at radius 3 is 2.10 bits per heavy atom. The minimum Gasteiger partial charge on any atom is -0.336 e. The smallest absolute Gasteiger partial charge is 0.336 e. The summed E-state index contributed by atoms with van der Waals surface area (Å²) in [5.74, 6) is -7.41. The number of halogens is 5. The Labute approximate surface area is 113 Å². The SMILES string of the molecule is O=C(N1CCCC(N2CCCC2)C1)C(F)(F)C(F)(F)F. The van der Waals surface area contributed by atoms with Gasteiger partial charge in [-0.2, -0.15) is 22.0 Å². The van der Waals surface area contributed by atoms with Gasteiger partial charge in [-0.3, -0.25) is 9.69 Å². The summed E-state index contributed by atoms with van der Waals surface area (Å²) in [7, 11) is 0. The molecule has 1 unspecified atom stereocenters. The van der Waals surface area contributed by atoms with E-state index in [1.54, 1.807) is 0 Å². The molecule has 0 saturated carbocycles. The zero-order valence-corrected chi connectivity index (χ0v) is 10.9. The molecule has 2 fully saturated rings. The number of carbonyl (C=O) groups excluding carboxylic acids is 1. The van der Waals surface area contributed by atoms with Gasteiger partial charge in [0.15, 0.2) is 0 Å². The van der Waals surface area contributed by atoms with Crippen LogP contribution in [0.25, 0.3) is 0 Å². The lowest BCUT2D eigenvalue weighted by molar-refractivity contribution is -0.275. The Hall–Kier alpha value is -0.920. The molecule has 0 bridgehead atoms. The van der Waals surface area contributed by atoms with Crippen molar-refractivity contribution in [1.29, 1.82) is 0 Å². The number of hydrogen-bond acceptors (Lipinski definition) is 2. The highest BCUT2D eigenvalue weighted by Gasteiger charge is 2.64. The summed E-state index contributed by atoms with van der Waals surface area (Å²) in [4.78, 5) is 14.2. The van der Waals surface area contributed by atoms with Crippen LogP contribution in [0.5, 0.6) is 0 Å². The van der Waals surface area contributed by atoms with Gasteiger partial charge in [0.1, 0.15) is 0 Å². The lowest BCUT2D eigenvalue weighted by Crippen LogP contribution is -2.57. The lowest BCUT2D eigenvalue weighted by Gasteiger charge is -2.38. The summed E-state index contributed by atoms with van der Waals surface area (Å²) in [6, 6.07) is -0.0979. The van der Waals surface area contributed by atoms with Crippen molar-refractivity contribution in [3.05, 3.63) is 0 Å². The second kappa shape index (κ2) is 5.46. The van der Waals surface area contributed by atoms with Crippen molar-refractivity contribution in [2.45, 2.75) is 43.8 Å². The topological polar surface area (TPSA) is 23.6 Å². The van der Waals surface area contributed by atoms with Crippen molar-refractivity contribution in [2.24, 2.45) is 0 Å². The molecule has 0 aromatic rings. The molecule has 1 atom stereocenters. The predicted molar refractivity (Wildman–Crippen MR) is 61.4 cm³/mol. The van der Waals surface area contributed by atoms with Gasteiger partial charge in [-0.15, -0.1) is 0 Å². The van der Waals surface area contributed by atoms with Crippen LogP contribution in [0.3, 0.4) is 0 Å².